The second-order valence-corrected chi connectivity index (χ2v) is 4.03. The molecule has 4 heteroatoms. The van der Waals surface area contributed by atoms with Crippen LogP contribution < -0.4 is 5.73 Å². The van der Waals surface area contributed by atoms with E-state index in [4.69, 9.17) is 10.8 Å². The number of aryl methyl sites for hydroxylation is 2. The van der Waals surface area contributed by atoms with Crippen LogP contribution in [0.2, 0.25) is 0 Å². The first kappa shape index (κ1) is 11.1. The molecule has 1 heterocycles. The third-order valence-corrected chi connectivity index (χ3v) is 2.80. The Morgan fingerprint density at radius 3 is 2.94 bits per heavy atom. The van der Waals surface area contributed by atoms with E-state index in [9.17, 15) is 0 Å². The highest BCUT2D eigenvalue weighted by Crippen LogP contribution is 2.15. The fraction of sp³-hybridized carbons (Fsp3) is 0.417. The maximum Gasteiger partial charge on any atom is 0.106 e. The summed E-state index contributed by atoms with van der Waals surface area (Å²) in [5.74, 6) is 0.992. The number of nitrogens with two attached hydrogens (primary N) is 1. The van der Waals surface area contributed by atoms with E-state index >= 15 is 0 Å². The molecule has 0 fully saturated rings. The summed E-state index contributed by atoms with van der Waals surface area (Å²) in [5.41, 5.74) is 7.84. The molecule has 0 aliphatic carbocycles. The van der Waals surface area contributed by atoms with E-state index in [1.165, 1.54) is 0 Å². The molecule has 0 amide bonds. The minimum absolute atomic E-state index is 0.0334. The van der Waals surface area contributed by atoms with Crippen molar-refractivity contribution in [3.05, 3.63) is 30.1 Å². The molecule has 1 aromatic carbocycles. The standard InChI is InChI=1S/C12H17N3O/c1-9-14-11-4-2-3-5-12(11)15(9)7-6-10(13)8-16/h2-5,10,16H,6-8,13H2,1H3. The van der Waals surface area contributed by atoms with Crippen LogP contribution in [0.4, 0.5) is 0 Å². The van der Waals surface area contributed by atoms with Crippen molar-refractivity contribution in [1.29, 1.82) is 0 Å². The molecule has 0 saturated heterocycles. The molecule has 4 nitrogen and oxygen atoms in total. The largest absolute Gasteiger partial charge is 0.395 e. The van der Waals surface area contributed by atoms with Crippen LogP contribution in [-0.4, -0.2) is 27.3 Å². The van der Waals surface area contributed by atoms with E-state index in [0.29, 0.717) is 0 Å². The normalized spacial score (nSPS) is 13.2. The molecule has 0 aliphatic rings. The third kappa shape index (κ3) is 2.08. The van der Waals surface area contributed by atoms with Gasteiger partial charge in [0.25, 0.3) is 0 Å². The van der Waals surface area contributed by atoms with Crippen molar-refractivity contribution in [1.82, 2.24) is 9.55 Å². The van der Waals surface area contributed by atoms with Gasteiger partial charge in [-0.25, -0.2) is 4.98 Å². The van der Waals surface area contributed by atoms with Gasteiger partial charge in [0.15, 0.2) is 0 Å². The van der Waals surface area contributed by atoms with Crippen LogP contribution in [0.5, 0.6) is 0 Å². The van der Waals surface area contributed by atoms with Gasteiger partial charge in [0.05, 0.1) is 17.6 Å². The lowest BCUT2D eigenvalue weighted by atomic mass is 10.2. The summed E-state index contributed by atoms with van der Waals surface area (Å²) in [4.78, 5) is 4.48. The van der Waals surface area contributed by atoms with Crippen molar-refractivity contribution in [3.8, 4) is 0 Å². The molecule has 86 valence electrons. The molecule has 0 bridgehead atoms. The highest BCUT2D eigenvalue weighted by atomic mass is 16.3. The smallest absolute Gasteiger partial charge is 0.106 e. The molecule has 16 heavy (non-hydrogen) atoms. The van der Waals surface area contributed by atoms with Crippen LogP contribution in [0.3, 0.4) is 0 Å². The Morgan fingerprint density at radius 1 is 1.44 bits per heavy atom. The summed E-state index contributed by atoms with van der Waals surface area (Å²) in [6, 6.07) is 7.90. The summed E-state index contributed by atoms with van der Waals surface area (Å²) in [5, 5.41) is 8.90. The van der Waals surface area contributed by atoms with Crippen molar-refractivity contribution >= 4 is 11.0 Å². The molecule has 0 spiro atoms. The van der Waals surface area contributed by atoms with Gasteiger partial charge in [-0.15, -0.1) is 0 Å². The van der Waals surface area contributed by atoms with Gasteiger partial charge < -0.3 is 15.4 Å². The van der Waals surface area contributed by atoms with Crippen molar-refractivity contribution in [2.24, 2.45) is 5.73 Å². The fourth-order valence-electron chi connectivity index (χ4n) is 1.86. The maximum atomic E-state index is 8.90. The first-order valence-electron chi connectivity index (χ1n) is 5.50. The van der Waals surface area contributed by atoms with Gasteiger partial charge in [0.1, 0.15) is 5.82 Å². The monoisotopic (exact) mass is 219 g/mol. The van der Waals surface area contributed by atoms with Gasteiger partial charge in [0.2, 0.25) is 0 Å². The average molecular weight is 219 g/mol. The molecule has 1 atom stereocenters. The number of imidazole rings is 1. The van der Waals surface area contributed by atoms with Crippen LogP contribution in [0.15, 0.2) is 24.3 Å². The summed E-state index contributed by atoms with van der Waals surface area (Å²) < 4.78 is 2.14. The Balaban J connectivity index is 2.26. The molecule has 0 aliphatic heterocycles. The molecule has 2 aromatic rings. The van der Waals surface area contributed by atoms with Crippen molar-refractivity contribution in [3.63, 3.8) is 0 Å². The number of hydrogen-bond donors (Lipinski definition) is 2. The highest BCUT2D eigenvalue weighted by Gasteiger charge is 2.07. The van der Waals surface area contributed by atoms with E-state index in [0.717, 1.165) is 29.8 Å². The molecule has 1 aromatic heterocycles. The topological polar surface area (TPSA) is 64.1 Å². The Kier molecular flexibility index (Phi) is 3.22. The second-order valence-electron chi connectivity index (χ2n) is 4.03. The number of hydrogen-bond acceptors (Lipinski definition) is 3. The van der Waals surface area contributed by atoms with E-state index in [2.05, 4.69) is 15.6 Å². The number of para-hydroxylation sites is 2. The van der Waals surface area contributed by atoms with Gasteiger partial charge in [0, 0.05) is 12.6 Å². The number of benzene rings is 1. The maximum absolute atomic E-state index is 8.90. The van der Waals surface area contributed by atoms with Crippen molar-refractivity contribution in [2.75, 3.05) is 6.61 Å². The molecular formula is C12H17N3O. The lowest BCUT2D eigenvalue weighted by molar-refractivity contribution is 0.256. The fourth-order valence-corrected chi connectivity index (χ4v) is 1.86. The number of nitrogens with zero attached hydrogens (tertiary/aromatic N) is 2. The van der Waals surface area contributed by atoms with Crippen molar-refractivity contribution < 1.29 is 5.11 Å². The number of fused-ring (bicyclic) bond motifs is 1. The average Bonchev–Trinajstić information content (AvgIpc) is 2.62. The Labute approximate surface area is 94.7 Å². The summed E-state index contributed by atoms with van der Waals surface area (Å²) in [7, 11) is 0. The lowest BCUT2D eigenvalue weighted by Gasteiger charge is -2.10. The van der Waals surface area contributed by atoms with Crippen LogP contribution in [0.25, 0.3) is 11.0 Å². The van der Waals surface area contributed by atoms with Gasteiger partial charge in [-0.3, -0.25) is 0 Å². The van der Waals surface area contributed by atoms with Crippen LogP contribution in [0, 0.1) is 6.92 Å². The molecule has 3 N–H and O–H groups in total. The van der Waals surface area contributed by atoms with E-state index < -0.39 is 0 Å². The number of aliphatic hydroxyl groups is 1. The van der Waals surface area contributed by atoms with E-state index in [1.54, 1.807) is 0 Å². The molecule has 0 radical (unpaired) electrons. The molecular weight excluding hydrogens is 202 g/mol. The number of aliphatic hydroxyl groups excluding tert-OH is 1. The minimum atomic E-state index is -0.152. The third-order valence-electron chi connectivity index (χ3n) is 2.80. The first-order valence-corrected chi connectivity index (χ1v) is 5.50. The first-order chi connectivity index (χ1) is 7.72. The quantitative estimate of drug-likeness (QED) is 0.808. The summed E-state index contributed by atoms with van der Waals surface area (Å²) in [6.07, 6.45) is 0.762. The zero-order valence-electron chi connectivity index (χ0n) is 9.43. The zero-order valence-corrected chi connectivity index (χ0v) is 9.43. The van der Waals surface area contributed by atoms with Gasteiger partial charge in [-0.05, 0) is 25.5 Å². The Hall–Kier alpha value is -1.39. The van der Waals surface area contributed by atoms with E-state index in [1.807, 2.05) is 25.1 Å². The predicted octanol–water partition coefficient (Wildman–Crippen LogP) is 1.05. The Bertz CT molecular complexity index is 478. The lowest BCUT2D eigenvalue weighted by Crippen LogP contribution is -2.26. The summed E-state index contributed by atoms with van der Waals surface area (Å²) >= 11 is 0. The minimum Gasteiger partial charge on any atom is -0.395 e. The second kappa shape index (κ2) is 4.63. The number of rotatable bonds is 4. The molecule has 1 unspecified atom stereocenters. The van der Waals surface area contributed by atoms with Crippen molar-refractivity contribution in [2.45, 2.75) is 25.9 Å². The molecule has 0 saturated carbocycles. The van der Waals surface area contributed by atoms with Gasteiger partial charge >= 0.3 is 0 Å². The SMILES string of the molecule is Cc1nc2ccccc2n1CCC(N)CO. The van der Waals surface area contributed by atoms with Gasteiger partial charge in [-0.1, -0.05) is 12.1 Å². The predicted molar refractivity (Wildman–Crippen MR) is 64.1 cm³/mol. The Morgan fingerprint density at radius 2 is 2.19 bits per heavy atom. The number of aromatic nitrogens is 2. The summed E-state index contributed by atoms with van der Waals surface area (Å²) in [6.45, 7) is 2.82. The zero-order chi connectivity index (χ0) is 11.5. The molecule has 2 rings (SSSR count). The van der Waals surface area contributed by atoms with Gasteiger partial charge in [-0.2, -0.15) is 0 Å². The van der Waals surface area contributed by atoms with Crippen LogP contribution >= 0.6 is 0 Å². The van der Waals surface area contributed by atoms with E-state index in [-0.39, 0.29) is 12.6 Å². The van der Waals surface area contributed by atoms with Crippen LogP contribution in [-0.2, 0) is 6.54 Å². The highest BCUT2D eigenvalue weighted by molar-refractivity contribution is 5.75. The van der Waals surface area contributed by atoms with Crippen LogP contribution in [0.1, 0.15) is 12.2 Å².